The van der Waals surface area contributed by atoms with Crippen molar-refractivity contribution in [2.45, 2.75) is 19.8 Å². The first-order chi connectivity index (χ1) is 6.77. The van der Waals surface area contributed by atoms with Gasteiger partial charge in [0, 0.05) is 13.6 Å². The van der Waals surface area contributed by atoms with Crippen LogP contribution < -0.4 is 16.4 Å². The molecule has 78 valence electrons. The number of nitrogens with one attached hydrogen (secondary N) is 2. The zero-order valence-corrected chi connectivity index (χ0v) is 8.67. The summed E-state index contributed by atoms with van der Waals surface area (Å²) in [7, 11) is 1.78. The number of unbranched alkanes of at least 4 members (excludes halogenated alkanes) is 1. The highest BCUT2D eigenvalue weighted by Gasteiger charge is 2.01. The van der Waals surface area contributed by atoms with E-state index in [0.717, 1.165) is 19.4 Å². The van der Waals surface area contributed by atoms with Gasteiger partial charge in [0.25, 0.3) is 0 Å². The van der Waals surface area contributed by atoms with Gasteiger partial charge in [0.1, 0.15) is 0 Å². The van der Waals surface area contributed by atoms with Gasteiger partial charge in [-0.3, -0.25) is 0 Å². The Bertz CT molecular complexity index is 287. The Morgan fingerprint density at radius 2 is 2.29 bits per heavy atom. The number of rotatable bonds is 5. The first-order valence-corrected chi connectivity index (χ1v) is 4.82. The third-order valence-corrected chi connectivity index (χ3v) is 1.86. The fraction of sp³-hybridized carbons (Fsp3) is 0.556. The Morgan fingerprint density at radius 1 is 1.50 bits per heavy atom. The molecule has 0 atom stereocenters. The molecule has 0 spiro atoms. The minimum Gasteiger partial charge on any atom is -0.394 e. The second-order valence-corrected chi connectivity index (χ2v) is 3.03. The lowest BCUT2D eigenvalue weighted by Crippen LogP contribution is -2.08. The molecule has 1 rings (SSSR count). The maximum atomic E-state index is 5.71. The van der Waals surface area contributed by atoms with Crippen molar-refractivity contribution in [1.82, 2.24) is 9.97 Å². The van der Waals surface area contributed by atoms with Crippen molar-refractivity contribution in [2.75, 3.05) is 30.0 Å². The lowest BCUT2D eigenvalue weighted by molar-refractivity contribution is 0.831. The van der Waals surface area contributed by atoms with E-state index in [1.54, 1.807) is 13.2 Å². The fourth-order valence-electron chi connectivity index (χ4n) is 1.04. The molecule has 5 nitrogen and oxygen atoms in total. The van der Waals surface area contributed by atoms with E-state index >= 15 is 0 Å². The SMILES string of the molecule is CCCCNc1nc(NC)ncc1N. The van der Waals surface area contributed by atoms with E-state index in [1.807, 2.05) is 0 Å². The monoisotopic (exact) mass is 195 g/mol. The zero-order chi connectivity index (χ0) is 10.4. The number of anilines is 3. The van der Waals surface area contributed by atoms with Crippen LogP contribution in [0.4, 0.5) is 17.5 Å². The van der Waals surface area contributed by atoms with Gasteiger partial charge in [-0.2, -0.15) is 4.98 Å². The van der Waals surface area contributed by atoms with Crippen LogP contribution >= 0.6 is 0 Å². The highest BCUT2D eigenvalue weighted by molar-refractivity contribution is 5.61. The van der Waals surface area contributed by atoms with Crippen LogP contribution in [0, 0.1) is 0 Å². The van der Waals surface area contributed by atoms with E-state index in [1.165, 1.54) is 0 Å². The molecule has 0 aliphatic carbocycles. The predicted molar refractivity (Wildman–Crippen MR) is 59.4 cm³/mol. The lowest BCUT2D eigenvalue weighted by Gasteiger charge is -2.08. The first-order valence-electron chi connectivity index (χ1n) is 4.82. The zero-order valence-electron chi connectivity index (χ0n) is 8.67. The van der Waals surface area contributed by atoms with Crippen LogP contribution in [-0.4, -0.2) is 23.6 Å². The van der Waals surface area contributed by atoms with E-state index in [9.17, 15) is 0 Å². The maximum absolute atomic E-state index is 5.71. The van der Waals surface area contributed by atoms with Crippen LogP contribution in [0.3, 0.4) is 0 Å². The molecule has 0 fully saturated rings. The minimum atomic E-state index is 0.582. The Kier molecular flexibility index (Phi) is 3.97. The molecule has 0 aliphatic heterocycles. The van der Waals surface area contributed by atoms with Crippen molar-refractivity contribution in [3.8, 4) is 0 Å². The van der Waals surface area contributed by atoms with Crippen LogP contribution in [0.5, 0.6) is 0 Å². The van der Waals surface area contributed by atoms with E-state index in [2.05, 4.69) is 27.5 Å². The average Bonchev–Trinajstić information content (AvgIpc) is 2.21. The van der Waals surface area contributed by atoms with Crippen LogP contribution in [0.2, 0.25) is 0 Å². The summed E-state index contributed by atoms with van der Waals surface area (Å²) in [6.07, 6.45) is 3.86. The second-order valence-electron chi connectivity index (χ2n) is 3.03. The van der Waals surface area contributed by atoms with Crippen molar-refractivity contribution in [3.63, 3.8) is 0 Å². The van der Waals surface area contributed by atoms with Crippen molar-refractivity contribution >= 4 is 17.5 Å². The highest BCUT2D eigenvalue weighted by Crippen LogP contribution is 2.15. The van der Waals surface area contributed by atoms with Crippen molar-refractivity contribution in [1.29, 1.82) is 0 Å². The molecule has 0 saturated carbocycles. The molecule has 0 radical (unpaired) electrons. The van der Waals surface area contributed by atoms with Gasteiger partial charge in [-0.05, 0) is 6.42 Å². The summed E-state index contributed by atoms with van der Waals surface area (Å²) < 4.78 is 0. The third kappa shape index (κ3) is 2.76. The summed E-state index contributed by atoms with van der Waals surface area (Å²) in [4.78, 5) is 8.20. The van der Waals surface area contributed by atoms with Crippen molar-refractivity contribution < 1.29 is 0 Å². The van der Waals surface area contributed by atoms with Crippen molar-refractivity contribution in [3.05, 3.63) is 6.20 Å². The number of hydrogen-bond acceptors (Lipinski definition) is 5. The maximum Gasteiger partial charge on any atom is 0.224 e. The molecule has 0 aromatic carbocycles. The number of nitrogen functional groups attached to an aromatic ring is 1. The average molecular weight is 195 g/mol. The summed E-state index contributed by atoms with van der Waals surface area (Å²) in [5, 5.41) is 6.04. The molecule has 14 heavy (non-hydrogen) atoms. The summed E-state index contributed by atoms with van der Waals surface area (Å²) in [6, 6.07) is 0. The summed E-state index contributed by atoms with van der Waals surface area (Å²) in [5.74, 6) is 1.29. The highest BCUT2D eigenvalue weighted by atomic mass is 15.1. The predicted octanol–water partition coefficient (Wildman–Crippen LogP) is 1.31. The van der Waals surface area contributed by atoms with Gasteiger partial charge in [-0.15, -0.1) is 0 Å². The molecule has 1 aromatic rings. The normalized spacial score (nSPS) is 9.86. The molecule has 5 heteroatoms. The van der Waals surface area contributed by atoms with Gasteiger partial charge in [0.15, 0.2) is 5.82 Å². The molecule has 0 aliphatic rings. The molecule has 1 aromatic heterocycles. The van der Waals surface area contributed by atoms with E-state index in [4.69, 9.17) is 5.73 Å². The molecule has 4 N–H and O–H groups in total. The minimum absolute atomic E-state index is 0.582. The standard InChI is InChI=1S/C9H17N5/c1-3-4-5-12-8-7(10)6-13-9(11-2)14-8/h6H,3-5,10H2,1-2H3,(H2,11,12,13,14). The molecular formula is C9H17N5. The van der Waals surface area contributed by atoms with Gasteiger partial charge < -0.3 is 16.4 Å². The first kappa shape index (κ1) is 10.6. The number of nitrogens with zero attached hydrogens (tertiary/aromatic N) is 2. The molecule has 0 saturated heterocycles. The molecular weight excluding hydrogens is 178 g/mol. The Balaban J connectivity index is 2.64. The number of nitrogens with two attached hydrogens (primary N) is 1. The Labute approximate surface area is 84.1 Å². The summed E-state index contributed by atoms with van der Waals surface area (Å²) in [6.45, 7) is 3.03. The molecule has 1 heterocycles. The van der Waals surface area contributed by atoms with Gasteiger partial charge in [-0.25, -0.2) is 4.98 Å². The second kappa shape index (κ2) is 5.26. The van der Waals surface area contributed by atoms with E-state index in [-0.39, 0.29) is 0 Å². The van der Waals surface area contributed by atoms with Crippen molar-refractivity contribution in [2.24, 2.45) is 0 Å². The number of aromatic nitrogens is 2. The molecule has 0 amide bonds. The van der Waals surface area contributed by atoms with Gasteiger partial charge >= 0.3 is 0 Å². The van der Waals surface area contributed by atoms with Gasteiger partial charge in [0.2, 0.25) is 5.95 Å². The fourth-order valence-corrected chi connectivity index (χ4v) is 1.04. The third-order valence-electron chi connectivity index (χ3n) is 1.86. The summed E-state index contributed by atoms with van der Waals surface area (Å²) >= 11 is 0. The Morgan fingerprint density at radius 3 is 2.93 bits per heavy atom. The molecule has 0 unspecified atom stereocenters. The van der Waals surface area contributed by atoms with E-state index < -0.39 is 0 Å². The van der Waals surface area contributed by atoms with Crippen LogP contribution in [0.1, 0.15) is 19.8 Å². The van der Waals surface area contributed by atoms with Gasteiger partial charge in [0.05, 0.1) is 11.9 Å². The quantitative estimate of drug-likeness (QED) is 0.618. The summed E-state index contributed by atoms with van der Waals surface area (Å²) in [5.41, 5.74) is 6.29. The van der Waals surface area contributed by atoms with Crippen LogP contribution in [0.25, 0.3) is 0 Å². The van der Waals surface area contributed by atoms with E-state index in [0.29, 0.717) is 17.5 Å². The smallest absolute Gasteiger partial charge is 0.224 e. The van der Waals surface area contributed by atoms with Gasteiger partial charge in [-0.1, -0.05) is 13.3 Å². The van der Waals surface area contributed by atoms with Crippen LogP contribution in [-0.2, 0) is 0 Å². The lowest BCUT2D eigenvalue weighted by atomic mass is 10.3. The molecule has 0 bridgehead atoms. The number of hydrogen-bond donors (Lipinski definition) is 3. The Hall–Kier alpha value is -1.52. The van der Waals surface area contributed by atoms with Crippen LogP contribution in [0.15, 0.2) is 6.20 Å². The largest absolute Gasteiger partial charge is 0.394 e. The topological polar surface area (TPSA) is 75.9 Å².